The number of urea groups is 1. The first-order valence-corrected chi connectivity index (χ1v) is 3.57. The normalized spacial score (nSPS) is 16.1. The van der Waals surface area contributed by atoms with Gasteiger partial charge in [-0.2, -0.15) is 0 Å². The molecule has 66 valence electrons. The standard InChI is InChI=1S/C6H13N3O.ClH/c7-2-1-4-9-5-3-8-6(9)10;/h1-5,7H2,(H,8,10);1H. The minimum atomic E-state index is 0. The maximum atomic E-state index is 10.9. The molecule has 0 aromatic carbocycles. The van der Waals surface area contributed by atoms with Crippen molar-refractivity contribution in [1.29, 1.82) is 0 Å². The Labute approximate surface area is 72.5 Å². The maximum absolute atomic E-state index is 10.9. The van der Waals surface area contributed by atoms with Crippen molar-refractivity contribution >= 4 is 18.4 Å². The Morgan fingerprint density at radius 3 is 2.82 bits per heavy atom. The second kappa shape index (κ2) is 5.21. The average molecular weight is 180 g/mol. The van der Waals surface area contributed by atoms with Gasteiger partial charge in [0, 0.05) is 19.6 Å². The lowest BCUT2D eigenvalue weighted by Gasteiger charge is -2.11. The second-order valence-corrected chi connectivity index (χ2v) is 2.36. The van der Waals surface area contributed by atoms with Crippen LogP contribution in [-0.4, -0.2) is 37.1 Å². The predicted octanol–water partition coefficient (Wildman–Crippen LogP) is -0.218. The van der Waals surface area contributed by atoms with Crippen LogP contribution in [0.1, 0.15) is 6.42 Å². The van der Waals surface area contributed by atoms with Crippen molar-refractivity contribution in [2.75, 3.05) is 26.2 Å². The molecule has 0 spiro atoms. The fourth-order valence-corrected chi connectivity index (χ4v) is 1.01. The van der Waals surface area contributed by atoms with Crippen molar-refractivity contribution in [3.8, 4) is 0 Å². The van der Waals surface area contributed by atoms with Crippen LogP contribution in [0, 0.1) is 0 Å². The van der Waals surface area contributed by atoms with E-state index in [4.69, 9.17) is 5.73 Å². The van der Waals surface area contributed by atoms with E-state index in [1.807, 2.05) is 0 Å². The molecule has 2 amide bonds. The summed E-state index contributed by atoms with van der Waals surface area (Å²) in [5.74, 6) is 0. The number of carbonyl (C=O) groups is 1. The highest BCUT2D eigenvalue weighted by Gasteiger charge is 2.17. The molecule has 1 aliphatic heterocycles. The molecule has 0 aromatic heterocycles. The van der Waals surface area contributed by atoms with Gasteiger partial charge >= 0.3 is 6.03 Å². The number of rotatable bonds is 3. The molecule has 3 N–H and O–H groups in total. The van der Waals surface area contributed by atoms with Crippen LogP contribution in [-0.2, 0) is 0 Å². The van der Waals surface area contributed by atoms with E-state index >= 15 is 0 Å². The molecule has 0 bridgehead atoms. The Kier molecular flexibility index (Phi) is 4.98. The molecule has 0 radical (unpaired) electrons. The third-order valence-electron chi connectivity index (χ3n) is 1.58. The molecular formula is C6H14ClN3O. The average Bonchev–Trinajstić information content (AvgIpc) is 2.31. The lowest BCUT2D eigenvalue weighted by atomic mass is 10.4. The molecule has 1 saturated heterocycles. The van der Waals surface area contributed by atoms with Crippen LogP contribution >= 0.6 is 12.4 Å². The molecule has 11 heavy (non-hydrogen) atoms. The van der Waals surface area contributed by atoms with Gasteiger partial charge in [-0.3, -0.25) is 0 Å². The smallest absolute Gasteiger partial charge is 0.317 e. The highest BCUT2D eigenvalue weighted by Crippen LogP contribution is 1.96. The number of nitrogens with zero attached hydrogens (tertiary/aromatic N) is 1. The van der Waals surface area contributed by atoms with Crippen molar-refractivity contribution in [3.05, 3.63) is 0 Å². The van der Waals surface area contributed by atoms with Crippen LogP contribution in [0.5, 0.6) is 0 Å². The van der Waals surface area contributed by atoms with Crippen LogP contribution in [0.15, 0.2) is 0 Å². The van der Waals surface area contributed by atoms with Gasteiger partial charge in [0.05, 0.1) is 0 Å². The first-order chi connectivity index (χ1) is 4.84. The number of nitrogens with two attached hydrogens (primary N) is 1. The summed E-state index contributed by atoms with van der Waals surface area (Å²) in [4.78, 5) is 12.6. The summed E-state index contributed by atoms with van der Waals surface area (Å²) in [5, 5.41) is 2.72. The van der Waals surface area contributed by atoms with Gasteiger partial charge in [0.2, 0.25) is 0 Å². The zero-order chi connectivity index (χ0) is 7.40. The molecule has 5 heteroatoms. The number of carbonyl (C=O) groups excluding carboxylic acids is 1. The number of nitrogens with one attached hydrogen (secondary N) is 1. The summed E-state index contributed by atoms with van der Waals surface area (Å²) < 4.78 is 0. The van der Waals surface area contributed by atoms with Crippen LogP contribution in [0.4, 0.5) is 4.79 Å². The van der Waals surface area contributed by atoms with E-state index in [-0.39, 0.29) is 18.4 Å². The maximum Gasteiger partial charge on any atom is 0.317 e. The molecule has 1 aliphatic rings. The van der Waals surface area contributed by atoms with Crippen LogP contribution in [0.3, 0.4) is 0 Å². The van der Waals surface area contributed by atoms with Crippen molar-refractivity contribution in [2.24, 2.45) is 5.73 Å². The zero-order valence-electron chi connectivity index (χ0n) is 6.38. The molecule has 1 rings (SSSR count). The fraction of sp³-hybridized carbons (Fsp3) is 0.833. The first-order valence-electron chi connectivity index (χ1n) is 3.57. The summed E-state index contributed by atoms with van der Waals surface area (Å²) in [5.41, 5.74) is 5.29. The zero-order valence-corrected chi connectivity index (χ0v) is 7.19. The highest BCUT2D eigenvalue weighted by molar-refractivity contribution is 5.85. The molecule has 1 fully saturated rings. The van der Waals surface area contributed by atoms with E-state index in [0.717, 1.165) is 26.1 Å². The lowest BCUT2D eigenvalue weighted by molar-refractivity contribution is 0.217. The van der Waals surface area contributed by atoms with Gasteiger partial charge in [-0.05, 0) is 13.0 Å². The van der Waals surface area contributed by atoms with Crippen molar-refractivity contribution < 1.29 is 4.79 Å². The van der Waals surface area contributed by atoms with E-state index in [1.165, 1.54) is 0 Å². The van der Waals surface area contributed by atoms with Crippen LogP contribution < -0.4 is 11.1 Å². The van der Waals surface area contributed by atoms with E-state index in [9.17, 15) is 4.79 Å². The molecule has 0 atom stereocenters. The van der Waals surface area contributed by atoms with E-state index in [1.54, 1.807) is 4.90 Å². The van der Waals surface area contributed by atoms with Crippen molar-refractivity contribution in [2.45, 2.75) is 6.42 Å². The molecular weight excluding hydrogens is 166 g/mol. The topological polar surface area (TPSA) is 58.4 Å². The minimum absolute atomic E-state index is 0. The van der Waals surface area contributed by atoms with Gasteiger partial charge in [-0.1, -0.05) is 0 Å². The number of halogens is 1. The molecule has 4 nitrogen and oxygen atoms in total. The fourth-order valence-electron chi connectivity index (χ4n) is 1.01. The molecule has 0 unspecified atom stereocenters. The van der Waals surface area contributed by atoms with Gasteiger partial charge in [-0.15, -0.1) is 12.4 Å². The summed E-state index contributed by atoms with van der Waals surface area (Å²) in [6, 6.07) is 0.0495. The quantitative estimate of drug-likeness (QED) is 0.630. The lowest BCUT2D eigenvalue weighted by Crippen LogP contribution is -2.30. The largest absolute Gasteiger partial charge is 0.336 e. The van der Waals surface area contributed by atoms with Crippen LogP contribution in [0.25, 0.3) is 0 Å². The summed E-state index contributed by atoms with van der Waals surface area (Å²) in [7, 11) is 0. The van der Waals surface area contributed by atoms with Gasteiger partial charge < -0.3 is 16.0 Å². The second-order valence-electron chi connectivity index (χ2n) is 2.36. The Balaban J connectivity index is 0.000001000. The highest BCUT2D eigenvalue weighted by atomic mass is 35.5. The van der Waals surface area contributed by atoms with E-state index < -0.39 is 0 Å². The summed E-state index contributed by atoms with van der Waals surface area (Å²) in [6.45, 7) is 3.06. The summed E-state index contributed by atoms with van der Waals surface area (Å²) >= 11 is 0. The number of hydrogen-bond donors (Lipinski definition) is 2. The van der Waals surface area contributed by atoms with E-state index in [2.05, 4.69) is 5.32 Å². The Morgan fingerprint density at radius 1 is 1.64 bits per heavy atom. The first kappa shape index (κ1) is 10.5. The third kappa shape index (κ3) is 2.95. The molecule has 0 aromatic rings. The van der Waals surface area contributed by atoms with E-state index in [0.29, 0.717) is 6.54 Å². The molecule has 1 heterocycles. The monoisotopic (exact) mass is 179 g/mol. The Bertz CT molecular complexity index is 131. The van der Waals surface area contributed by atoms with Gasteiger partial charge in [0.1, 0.15) is 0 Å². The van der Waals surface area contributed by atoms with Crippen molar-refractivity contribution in [1.82, 2.24) is 10.2 Å². The summed E-state index contributed by atoms with van der Waals surface area (Å²) in [6.07, 6.45) is 0.896. The van der Waals surface area contributed by atoms with Crippen LogP contribution in [0.2, 0.25) is 0 Å². The van der Waals surface area contributed by atoms with Gasteiger partial charge in [0.15, 0.2) is 0 Å². The Morgan fingerprint density at radius 2 is 2.36 bits per heavy atom. The number of hydrogen-bond acceptors (Lipinski definition) is 2. The van der Waals surface area contributed by atoms with Crippen molar-refractivity contribution in [3.63, 3.8) is 0 Å². The van der Waals surface area contributed by atoms with Gasteiger partial charge in [0.25, 0.3) is 0 Å². The number of amides is 2. The minimum Gasteiger partial charge on any atom is -0.336 e. The predicted molar refractivity (Wildman–Crippen MR) is 45.9 cm³/mol. The third-order valence-corrected chi connectivity index (χ3v) is 1.58. The van der Waals surface area contributed by atoms with Gasteiger partial charge in [-0.25, -0.2) is 4.79 Å². The molecule has 0 aliphatic carbocycles. The Hall–Kier alpha value is -0.480. The molecule has 0 saturated carbocycles. The SMILES string of the molecule is Cl.NCCCN1CCNC1=O.